The van der Waals surface area contributed by atoms with Crippen molar-refractivity contribution in [3.8, 4) is 0 Å². The summed E-state index contributed by atoms with van der Waals surface area (Å²) in [6.45, 7) is 7.83. The Kier molecular flexibility index (Phi) is 5.32. The number of rotatable bonds is 3. The Morgan fingerprint density at radius 3 is 2.23 bits per heavy atom. The topological polar surface area (TPSA) is 76.7 Å². The van der Waals surface area contributed by atoms with Gasteiger partial charge in [-0.05, 0) is 53.4 Å². The number of hydrogen-bond acceptors (Lipinski definition) is 5. The summed E-state index contributed by atoms with van der Waals surface area (Å²) in [5.74, 6) is -0.101. The minimum atomic E-state index is -0.484. The molecule has 2 rings (SSSR count). The molecule has 2 N–H and O–H groups in total. The fraction of sp³-hybridized carbons (Fsp3) is 0.875. The molecule has 2 atom stereocenters. The van der Waals surface area contributed by atoms with Crippen LogP contribution in [0.5, 0.6) is 0 Å². The molecule has 2 bridgehead atoms. The lowest BCUT2D eigenvalue weighted by Crippen LogP contribution is -2.57. The van der Waals surface area contributed by atoms with Crippen LogP contribution >= 0.6 is 0 Å². The first kappa shape index (κ1) is 17.1. The summed E-state index contributed by atoms with van der Waals surface area (Å²) in [6.07, 6.45) is 2.85. The van der Waals surface area contributed by atoms with Gasteiger partial charge >= 0.3 is 12.1 Å². The molecular formula is C16H28N2O4. The van der Waals surface area contributed by atoms with E-state index in [0.29, 0.717) is 6.61 Å². The van der Waals surface area contributed by atoms with Gasteiger partial charge in [-0.2, -0.15) is 0 Å². The van der Waals surface area contributed by atoms with Crippen LogP contribution in [0.1, 0.15) is 53.4 Å². The Hall–Kier alpha value is -1.30. The second-order valence-corrected chi connectivity index (χ2v) is 7.30. The minimum absolute atomic E-state index is 0.0151. The van der Waals surface area contributed by atoms with Gasteiger partial charge in [0.2, 0.25) is 0 Å². The summed E-state index contributed by atoms with van der Waals surface area (Å²) in [4.78, 5) is 23.8. The van der Waals surface area contributed by atoms with Gasteiger partial charge in [-0.3, -0.25) is 4.79 Å². The third-order valence-electron chi connectivity index (χ3n) is 4.09. The molecule has 2 heterocycles. The predicted molar refractivity (Wildman–Crippen MR) is 82.5 cm³/mol. The number of carbonyl (C=O) groups excluding carboxylic acids is 2. The Morgan fingerprint density at radius 1 is 1.14 bits per heavy atom. The van der Waals surface area contributed by atoms with Crippen molar-refractivity contribution >= 4 is 12.1 Å². The van der Waals surface area contributed by atoms with Crippen LogP contribution in [0.2, 0.25) is 0 Å². The highest BCUT2D eigenvalue weighted by molar-refractivity contribution is 5.72. The lowest BCUT2D eigenvalue weighted by Gasteiger charge is -2.43. The van der Waals surface area contributed by atoms with E-state index in [2.05, 4.69) is 10.6 Å². The highest BCUT2D eigenvalue weighted by Crippen LogP contribution is 2.30. The molecule has 2 aliphatic heterocycles. The zero-order valence-corrected chi connectivity index (χ0v) is 14.0. The van der Waals surface area contributed by atoms with E-state index in [1.807, 2.05) is 27.7 Å². The number of alkyl carbamates (subject to hydrolysis) is 1. The third kappa shape index (κ3) is 4.87. The van der Waals surface area contributed by atoms with E-state index in [9.17, 15) is 9.59 Å². The Labute approximate surface area is 132 Å². The number of piperidine rings is 2. The molecule has 0 saturated carbocycles. The first-order chi connectivity index (χ1) is 10.3. The zero-order chi connectivity index (χ0) is 16.3. The van der Waals surface area contributed by atoms with Crippen molar-refractivity contribution in [1.82, 2.24) is 10.6 Å². The highest BCUT2D eigenvalue weighted by atomic mass is 16.6. The molecule has 0 aliphatic carbocycles. The molecule has 1 amide bonds. The van der Waals surface area contributed by atoms with Gasteiger partial charge in [-0.1, -0.05) is 0 Å². The number of nitrogens with one attached hydrogen (secondary N) is 2. The van der Waals surface area contributed by atoms with Crippen molar-refractivity contribution in [3.05, 3.63) is 0 Å². The van der Waals surface area contributed by atoms with Crippen LogP contribution in [0.15, 0.2) is 0 Å². The van der Waals surface area contributed by atoms with Gasteiger partial charge in [0.25, 0.3) is 0 Å². The van der Waals surface area contributed by atoms with Crippen molar-refractivity contribution < 1.29 is 19.1 Å². The Morgan fingerprint density at radius 2 is 1.73 bits per heavy atom. The molecular weight excluding hydrogens is 284 g/mol. The van der Waals surface area contributed by atoms with Crippen LogP contribution < -0.4 is 10.6 Å². The molecule has 6 nitrogen and oxygen atoms in total. The summed E-state index contributed by atoms with van der Waals surface area (Å²) in [5, 5.41) is 6.49. The van der Waals surface area contributed by atoms with E-state index in [1.165, 1.54) is 0 Å². The standard InChI is InChI=1S/C16H28N2O4/c1-5-21-14(19)10-6-11-8-13(9-12(7-10)17-11)18-15(20)22-16(2,3)4/h10-13,17H,5-9H2,1-4H3,(H,18,20). The van der Waals surface area contributed by atoms with Crippen LogP contribution in [0.4, 0.5) is 4.79 Å². The maximum Gasteiger partial charge on any atom is 0.407 e. The van der Waals surface area contributed by atoms with Gasteiger partial charge in [-0.15, -0.1) is 0 Å². The lowest BCUT2D eigenvalue weighted by molar-refractivity contribution is -0.150. The lowest BCUT2D eigenvalue weighted by atomic mass is 9.78. The average molecular weight is 312 g/mol. The minimum Gasteiger partial charge on any atom is -0.466 e. The van der Waals surface area contributed by atoms with E-state index in [1.54, 1.807) is 0 Å². The second-order valence-electron chi connectivity index (χ2n) is 7.30. The van der Waals surface area contributed by atoms with E-state index >= 15 is 0 Å². The first-order valence-corrected chi connectivity index (χ1v) is 8.19. The predicted octanol–water partition coefficient (Wildman–Crippen LogP) is 1.97. The molecule has 2 fully saturated rings. The number of esters is 1. The number of amides is 1. The molecule has 0 radical (unpaired) electrons. The molecule has 2 saturated heterocycles. The van der Waals surface area contributed by atoms with Crippen LogP contribution in [-0.2, 0) is 14.3 Å². The largest absolute Gasteiger partial charge is 0.466 e. The quantitative estimate of drug-likeness (QED) is 0.779. The van der Waals surface area contributed by atoms with Gasteiger partial charge in [0.1, 0.15) is 5.60 Å². The summed E-state index contributed by atoms with van der Waals surface area (Å²) in [6, 6.07) is 0.609. The van der Waals surface area contributed by atoms with E-state index < -0.39 is 5.60 Å². The number of fused-ring (bicyclic) bond motifs is 2. The van der Waals surface area contributed by atoms with Crippen molar-refractivity contribution in [2.45, 2.75) is 77.1 Å². The summed E-state index contributed by atoms with van der Waals surface area (Å²) >= 11 is 0. The summed E-state index contributed by atoms with van der Waals surface area (Å²) in [7, 11) is 0. The van der Waals surface area contributed by atoms with Crippen molar-refractivity contribution in [1.29, 1.82) is 0 Å². The molecule has 2 aliphatic rings. The smallest absolute Gasteiger partial charge is 0.407 e. The summed E-state index contributed by atoms with van der Waals surface area (Å²) < 4.78 is 10.4. The summed E-state index contributed by atoms with van der Waals surface area (Å²) in [5.41, 5.74) is -0.484. The molecule has 2 unspecified atom stereocenters. The molecule has 0 spiro atoms. The van der Waals surface area contributed by atoms with E-state index in [4.69, 9.17) is 9.47 Å². The van der Waals surface area contributed by atoms with Crippen molar-refractivity contribution in [2.75, 3.05) is 6.61 Å². The normalized spacial score (nSPS) is 31.3. The average Bonchev–Trinajstić information content (AvgIpc) is 2.35. The molecule has 22 heavy (non-hydrogen) atoms. The number of hydrogen-bond donors (Lipinski definition) is 2. The molecule has 0 aromatic carbocycles. The molecule has 6 heteroatoms. The maximum absolute atomic E-state index is 11.9. The van der Waals surface area contributed by atoms with Crippen LogP contribution in [0.25, 0.3) is 0 Å². The van der Waals surface area contributed by atoms with Gasteiger partial charge < -0.3 is 20.1 Å². The number of carbonyl (C=O) groups is 2. The second kappa shape index (κ2) is 6.86. The first-order valence-electron chi connectivity index (χ1n) is 8.19. The Bertz CT molecular complexity index is 405. The third-order valence-corrected chi connectivity index (χ3v) is 4.09. The van der Waals surface area contributed by atoms with Gasteiger partial charge in [0.15, 0.2) is 0 Å². The van der Waals surface area contributed by atoms with Crippen molar-refractivity contribution in [2.24, 2.45) is 5.92 Å². The number of ether oxygens (including phenoxy) is 2. The van der Waals surface area contributed by atoms with E-state index in [0.717, 1.165) is 25.7 Å². The van der Waals surface area contributed by atoms with Crippen LogP contribution in [-0.4, -0.2) is 42.4 Å². The maximum atomic E-state index is 11.9. The van der Waals surface area contributed by atoms with Crippen molar-refractivity contribution in [3.63, 3.8) is 0 Å². The molecule has 126 valence electrons. The van der Waals surface area contributed by atoms with Gasteiger partial charge in [0.05, 0.1) is 12.5 Å². The molecule has 0 aromatic rings. The molecule has 0 aromatic heterocycles. The van der Waals surface area contributed by atoms with Gasteiger partial charge in [0, 0.05) is 18.1 Å². The highest BCUT2D eigenvalue weighted by Gasteiger charge is 2.39. The zero-order valence-electron chi connectivity index (χ0n) is 14.0. The van der Waals surface area contributed by atoms with Crippen LogP contribution in [0, 0.1) is 5.92 Å². The SMILES string of the molecule is CCOC(=O)C1CC2CC(NC(=O)OC(C)(C)C)CC(C1)N2. The fourth-order valence-electron chi connectivity index (χ4n) is 3.41. The fourth-order valence-corrected chi connectivity index (χ4v) is 3.41. The van der Waals surface area contributed by atoms with Crippen LogP contribution in [0.3, 0.4) is 0 Å². The Balaban J connectivity index is 1.85. The monoisotopic (exact) mass is 312 g/mol. The van der Waals surface area contributed by atoms with E-state index in [-0.39, 0.29) is 36.1 Å². The van der Waals surface area contributed by atoms with Gasteiger partial charge in [-0.25, -0.2) is 4.79 Å².